The highest BCUT2D eigenvalue weighted by Gasteiger charge is 2.35. The van der Waals surface area contributed by atoms with E-state index in [1.165, 1.54) is 0 Å². The molecule has 1 atom stereocenters. The van der Waals surface area contributed by atoms with Gasteiger partial charge in [-0.2, -0.15) is 0 Å². The topological polar surface area (TPSA) is 54.3 Å². The third kappa shape index (κ3) is 2.68. The summed E-state index contributed by atoms with van der Waals surface area (Å²) in [5.74, 6) is 1.94. The van der Waals surface area contributed by atoms with Gasteiger partial charge in [-0.1, -0.05) is 13.8 Å². The molecule has 2 N–H and O–H groups in total. The van der Waals surface area contributed by atoms with Crippen molar-refractivity contribution in [1.82, 2.24) is 10.6 Å². The van der Waals surface area contributed by atoms with Crippen molar-refractivity contribution in [2.75, 3.05) is 6.54 Å². The molecule has 0 aromatic carbocycles. The van der Waals surface area contributed by atoms with Crippen LogP contribution in [0.3, 0.4) is 0 Å². The molecule has 4 nitrogen and oxygen atoms in total. The molecule has 0 bridgehead atoms. The van der Waals surface area contributed by atoms with Crippen LogP contribution in [0.1, 0.15) is 50.3 Å². The van der Waals surface area contributed by atoms with Crippen LogP contribution < -0.4 is 10.6 Å². The predicted molar refractivity (Wildman–Crippen MR) is 70.5 cm³/mol. The fourth-order valence-electron chi connectivity index (χ4n) is 2.68. The minimum absolute atomic E-state index is 0.0488. The third-order valence-corrected chi connectivity index (χ3v) is 3.38. The molecule has 0 saturated carbocycles. The van der Waals surface area contributed by atoms with Crippen molar-refractivity contribution in [3.05, 3.63) is 23.2 Å². The van der Waals surface area contributed by atoms with Crippen LogP contribution in [0, 0.1) is 12.3 Å². The van der Waals surface area contributed by atoms with Crippen LogP contribution >= 0.6 is 0 Å². The molecule has 0 radical (unpaired) electrons. The van der Waals surface area contributed by atoms with E-state index in [1.807, 2.05) is 19.9 Å². The summed E-state index contributed by atoms with van der Waals surface area (Å²) >= 11 is 0. The molecule has 1 aromatic heterocycles. The minimum Gasteiger partial charge on any atom is -0.466 e. The first kappa shape index (κ1) is 13.0. The molecule has 1 aliphatic rings. The summed E-state index contributed by atoms with van der Waals surface area (Å²) in [7, 11) is 0. The molecule has 0 aliphatic heterocycles. The van der Waals surface area contributed by atoms with Crippen LogP contribution in [-0.2, 0) is 6.42 Å². The summed E-state index contributed by atoms with van der Waals surface area (Å²) in [4.78, 5) is 11.7. The van der Waals surface area contributed by atoms with Crippen LogP contribution in [-0.4, -0.2) is 12.6 Å². The van der Waals surface area contributed by atoms with Gasteiger partial charge in [0.15, 0.2) is 0 Å². The van der Waals surface area contributed by atoms with E-state index in [4.69, 9.17) is 4.42 Å². The van der Waals surface area contributed by atoms with E-state index >= 15 is 0 Å². The van der Waals surface area contributed by atoms with Crippen molar-refractivity contribution in [3.63, 3.8) is 0 Å². The number of rotatable bonds is 2. The average molecular weight is 250 g/mol. The van der Waals surface area contributed by atoms with Crippen LogP contribution in [0.5, 0.6) is 0 Å². The molecule has 1 heterocycles. The summed E-state index contributed by atoms with van der Waals surface area (Å²) in [5, 5.41) is 5.81. The number of urea groups is 1. The number of aryl methyl sites for hydroxylation is 1. The lowest BCUT2D eigenvalue weighted by Crippen LogP contribution is -2.41. The number of nitrogens with one attached hydrogen (secondary N) is 2. The van der Waals surface area contributed by atoms with Gasteiger partial charge in [0.25, 0.3) is 0 Å². The minimum atomic E-state index is -0.106. The second-order valence-electron chi connectivity index (χ2n) is 5.84. The Morgan fingerprint density at radius 2 is 2.28 bits per heavy atom. The Morgan fingerprint density at radius 1 is 1.56 bits per heavy atom. The SMILES string of the molecule is CCNC(=O)NC1CC(C)(C)Cc2oc(C)cc21. The normalized spacial score (nSPS) is 21.2. The van der Waals surface area contributed by atoms with E-state index in [-0.39, 0.29) is 17.5 Å². The molecular weight excluding hydrogens is 228 g/mol. The van der Waals surface area contributed by atoms with Crippen molar-refractivity contribution in [2.24, 2.45) is 5.41 Å². The molecule has 2 rings (SSSR count). The first-order chi connectivity index (χ1) is 8.41. The lowest BCUT2D eigenvalue weighted by atomic mass is 9.75. The van der Waals surface area contributed by atoms with E-state index < -0.39 is 0 Å². The van der Waals surface area contributed by atoms with Gasteiger partial charge < -0.3 is 15.1 Å². The zero-order chi connectivity index (χ0) is 13.3. The van der Waals surface area contributed by atoms with Crippen LogP contribution in [0.15, 0.2) is 10.5 Å². The maximum absolute atomic E-state index is 11.7. The van der Waals surface area contributed by atoms with Gasteiger partial charge in [0.2, 0.25) is 0 Å². The van der Waals surface area contributed by atoms with Gasteiger partial charge in [-0.05, 0) is 31.7 Å². The number of hydrogen-bond acceptors (Lipinski definition) is 2. The van der Waals surface area contributed by atoms with Crippen LogP contribution in [0.2, 0.25) is 0 Å². The van der Waals surface area contributed by atoms with Gasteiger partial charge in [0.1, 0.15) is 11.5 Å². The van der Waals surface area contributed by atoms with Crippen molar-refractivity contribution in [3.8, 4) is 0 Å². The molecular formula is C14H22N2O2. The zero-order valence-corrected chi connectivity index (χ0v) is 11.6. The average Bonchev–Trinajstić information content (AvgIpc) is 2.57. The van der Waals surface area contributed by atoms with Crippen LogP contribution in [0.25, 0.3) is 0 Å². The Kier molecular flexibility index (Phi) is 3.37. The molecule has 1 aromatic rings. The molecule has 0 fully saturated rings. The summed E-state index contributed by atoms with van der Waals surface area (Å²) < 4.78 is 5.74. The molecule has 4 heteroatoms. The first-order valence-corrected chi connectivity index (χ1v) is 6.55. The van der Waals surface area contributed by atoms with E-state index in [0.29, 0.717) is 6.54 Å². The van der Waals surface area contributed by atoms with Gasteiger partial charge in [0.05, 0.1) is 6.04 Å². The van der Waals surface area contributed by atoms with E-state index in [0.717, 1.165) is 29.9 Å². The highest BCUT2D eigenvalue weighted by molar-refractivity contribution is 5.74. The van der Waals surface area contributed by atoms with E-state index in [9.17, 15) is 4.79 Å². The molecule has 0 spiro atoms. The number of carbonyl (C=O) groups is 1. The Hall–Kier alpha value is -1.45. The van der Waals surface area contributed by atoms with Gasteiger partial charge in [-0.15, -0.1) is 0 Å². The van der Waals surface area contributed by atoms with Gasteiger partial charge in [-0.25, -0.2) is 4.79 Å². The Bertz CT molecular complexity index is 449. The number of amides is 2. The lowest BCUT2D eigenvalue weighted by Gasteiger charge is -2.34. The fraction of sp³-hybridized carbons (Fsp3) is 0.643. The number of fused-ring (bicyclic) bond motifs is 1. The highest BCUT2D eigenvalue weighted by Crippen LogP contribution is 2.41. The summed E-state index contributed by atoms with van der Waals surface area (Å²) in [6.07, 6.45) is 1.87. The van der Waals surface area contributed by atoms with E-state index in [2.05, 4.69) is 24.5 Å². The number of furan rings is 1. The second-order valence-corrected chi connectivity index (χ2v) is 5.84. The van der Waals surface area contributed by atoms with Crippen LogP contribution in [0.4, 0.5) is 4.79 Å². The number of hydrogen-bond donors (Lipinski definition) is 2. The van der Waals surface area contributed by atoms with Gasteiger partial charge in [0, 0.05) is 18.5 Å². The van der Waals surface area contributed by atoms with Crippen molar-refractivity contribution >= 4 is 6.03 Å². The van der Waals surface area contributed by atoms with Crippen molar-refractivity contribution < 1.29 is 9.21 Å². The Labute approximate surface area is 108 Å². The number of carbonyl (C=O) groups excluding carboxylic acids is 1. The molecule has 18 heavy (non-hydrogen) atoms. The summed E-state index contributed by atoms with van der Waals surface area (Å²) in [5.41, 5.74) is 1.29. The van der Waals surface area contributed by atoms with Crippen molar-refractivity contribution in [1.29, 1.82) is 0 Å². The molecule has 1 unspecified atom stereocenters. The Balaban J connectivity index is 2.21. The van der Waals surface area contributed by atoms with E-state index in [1.54, 1.807) is 0 Å². The largest absolute Gasteiger partial charge is 0.466 e. The van der Waals surface area contributed by atoms with Gasteiger partial charge in [-0.3, -0.25) is 0 Å². The molecule has 100 valence electrons. The lowest BCUT2D eigenvalue weighted by molar-refractivity contribution is 0.215. The highest BCUT2D eigenvalue weighted by atomic mass is 16.3. The van der Waals surface area contributed by atoms with Gasteiger partial charge >= 0.3 is 6.03 Å². The monoisotopic (exact) mass is 250 g/mol. The predicted octanol–water partition coefficient (Wildman–Crippen LogP) is 2.92. The molecule has 2 amide bonds. The standard InChI is InChI=1S/C14H22N2O2/c1-5-15-13(17)16-11-7-14(3,4)8-12-10(11)6-9(2)18-12/h6,11H,5,7-8H2,1-4H3,(H2,15,16,17). The summed E-state index contributed by atoms with van der Waals surface area (Å²) in [6.45, 7) is 8.92. The Morgan fingerprint density at radius 3 is 2.94 bits per heavy atom. The fourth-order valence-corrected chi connectivity index (χ4v) is 2.68. The quantitative estimate of drug-likeness (QED) is 0.848. The third-order valence-electron chi connectivity index (χ3n) is 3.38. The maximum atomic E-state index is 11.7. The first-order valence-electron chi connectivity index (χ1n) is 6.55. The summed E-state index contributed by atoms with van der Waals surface area (Å²) in [6, 6.07) is 1.99. The molecule has 1 aliphatic carbocycles. The van der Waals surface area contributed by atoms with Crippen molar-refractivity contribution in [2.45, 2.75) is 46.6 Å². The second kappa shape index (κ2) is 4.67. The molecule has 0 saturated heterocycles. The zero-order valence-electron chi connectivity index (χ0n) is 11.6. The maximum Gasteiger partial charge on any atom is 0.315 e. The smallest absolute Gasteiger partial charge is 0.315 e.